The van der Waals surface area contributed by atoms with E-state index in [9.17, 15) is 4.79 Å². The van der Waals surface area contributed by atoms with Crippen LogP contribution in [0.5, 0.6) is 11.5 Å². The number of benzene rings is 3. The van der Waals surface area contributed by atoms with E-state index in [0.29, 0.717) is 16.0 Å². The van der Waals surface area contributed by atoms with Crippen molar-refractivity contribution in [1.82, 2.24) is 14.8 Å². The number of aryl methyl sites for hydroxylation is 1. The Bertz CT molecular complexity index is 1290. The first-order chi connectivity index (χ1) is 16.5. The molecule has 0 saturated heterocycles. The van der Waals surface area contributed by atoms with Gasteiger partial charge in [-0.05, 0) is 79.2 Å². The average molecular weight is 495 g/mol. The molecule has 34 heavy (non-hydrogen) atoms. The van der Waals surface area contributed by atoms with Crippen LogP contribution in [0.4, 0.5) is 5.69 Å². The number of carbonyl (C=O) groups is 1. The summed E-state index contributed by atoms with van der Waals surface area (Å²) in [7, 11) is 3.25. The van der Waals surface area contributed by atoms with Crippen molar-refractivity contribution in [3.8, 4) is 28.6 Å². The molecule has 0 fully saturated rings. The first-order valence-electron chi connectivity index (χ1n) is 10.4. The van der Waals surface area contributed by atoms with Gasteiger partial charge in [-0.1, -0.05) is 23.4 Å². The molecular formula is C25H23ClN4O3S. The fraction of sp³-hybridized carbons (Fsp3) is 0.160. The second-order valence-corrected chi connectivity index (χ2v) is 8.74. The van der Waals surface area contributed by atoms with Gasteiger partial charge in [-0.3, -0.25) is 9.36 Å². The van der Waals surface area contributed by atoms with Crippen molar-refractivity contribution in [2.24, 2.45) is 0 Å². The molecule has 0 aliphatic carbocycles. The van der Waals surface area contributed by atoms with E-state index in [1.54, 1.807) is 26.4 Å². The van der Waals surface area contributed by atoms with E-state index >= 15 is 0 Å². The maximum atomic E-state index is 12.6. The van der Waals surface area contributed by atoms with Crippen LogP contribution < -0.4 is 14.8 Å². The van der Waals surface area contributed by atoms with Crippen LogP contribution in [-0.4, -0.2) is 40.6 Å². The molecule has 9 heteroatoms. The number of hydrogen-bond acceptors (Lipinski definition) is 6. The van der Waals surface area contributed by atoms with Crippen molar-refractivity contribution in [3.05, 3.63) is 77.3 Å². The number of nitrogens with zero attached hydrogens (tertiary/aromatic N) is 3. The van der Waals surface area contributed by atoms with Gasteiger partial charge >= 0.3 is 0 Å². The number of ether oxygens (including phenoxy) is 2. The topological polar surface area (TPSA) is 78.3 Å². The standard InChI is InChI=1S/C25H23ClN4O3S/c1-16-14-18(26)6-13-22(16)27-23(31)15-34-25-29-28-24(17-4-9-20(32-2)10-5-17)30(25)19-7-11-21(33-3)12-8-19/h4-14H,15H2,1-3H3,(H,27,31). The van der Waals surface area contributed by atoms with Gasteiger partial charge in [0.25, 0.3) is 0 Å². The molecular weight excluding hydrogens is 472 g/mol. The molecule has 1 heterocycles. The number of methoxy groups -OCH3 is 2. The SMILES string of the molecule is COc1ccc(-c2nnc(SCC(=O)Nc3ccc(Cl)cc3C)n2-c2ccc(OC)cc2)cc1. The van der Waals surface area contributed by atoms with Crippen molar-refractivity contribution in [1.29, 1.82) is 0 Å². The summed E-state index contributed by atoms with van der Waals surface area (Å²) < 4.78 is 12.5. The lowest BCUT2D eigenvalue weighted by molar-refractivity contribution is -0.113. The number of carbonyl (C=O) groups excluding carboxylic acids is 1. The Labute approximate surface area is 207 Å². The van der Waals surface area contributed by atoms with Crippen molar-refractivity contribution in [2.45, 2.75) is 12.1 Å². The van der Waals surface area contributed by atoms with E-state index in [2.05, 4.69) is 15.5 Å². The smallest absolute Gasteiger partial charge is 0.234 e. The first-order valence-corrected chi connectivity index (χ1v) is 11.8. The molecule has 4 aromatic rings. The summed E-state index contributed by atoms with van der Waals surface area (Å²) in [6.45, 7) is 1.90. The highest BCUT2D eigenvalue weighted by Gasteiger charge is 2.18. The molecule has 4 rings (SSSR count). The van der Waals surface area contributed by atoms with Gasteiger partial charge in [0, 0.05) is 22.0 Å². The first kappa shape index (κ1) is 23.7. The predicted octanol–water partition coefficient (Wildman–Crippen LogP) is 5.64. The van der Waals surface area contributed by atoms with Crippen LogP contribution in [0.25, 0.3) is 17.1 Å². The van der Waals surface area contributed by atoms with E-state index in [1.165, 1.54) is 11.8 Å². The molecule has 0 atom stereocenters. The molecule has 0 aliphatic heterocycles. The number of rotatable bonds is 8. The number of anilines is 1. The number of halogens is 1. The lowest BCUT2D eigenvalue weighted by Crippen LogP contribution is -2.15. The Morgan fingerprint density at radius 2 is 1.62 bits per heavy atom. The Morgan fingerprint density at radius 3 is 2.24 bits per heavy atom. The summed E-state index contributed by atoms with van der Waals surface area (Å²) in [5.74, 6) is 2.17. The van der Waals surface area contributed by atoms with Gasteiger partial charge < -0.3 is 14.8 Å². The van der Waals surface area contributed by atoms with Gasteiger partial charge in [-0.2, -0.15) is 0 Å². The number of thioether (sulfide) groups is 1. The van der Waals surface area contributed by atoms with Crippen molar-refractivity contribution in [3.63, 3.8) is 0 Å². The molecule has 0 radical (unpaired) electrons. The van der Waals surface area contributed by atoms with Gasteiger partial charge in [0.1, 0.15) is 11.5 Å². The second-order valence-electron chi connectivity index (χ2n) is 7.36. The third-order valence-electron chi connectivity index (χ3n) is 5.11. The normalized spacial score (nSPS) is 10.7. The van der Waals surface area contributed by atoms with Crippen LogP contribution in [-0.2, 0) is 4.79 Å². The fourth-order valence-corrected chi connectivity index (χ4v) is 4.32. The third-order valence-corrected chi connectivity index (χ3v) is 6.27. The fourth-order valence-electron chi connectivity index (χ4n) is 3.34. The zero-order chi connectivity index (χ0) is 24.1. The van der Waals surface area contributed by atoms with Gasteiger partial charge in [-0.15, -0.1) is 10.2 Å². The van der Waals surface area contributed by atoms with Crippen LogP contribution in [0.3, 0.4) is 0 Å². The van der Waals surface area contributed by atoms with Crippen LogP contribution in [0.2, 0.25) is 5.02 Å². The summed E-state index contributed by atoms with van der Waals surface area (Å²) in [5.41, 5.74) is 3.35. The number of nitrogens with one attached hydrogen (secondary N) is 1. The molecule has 174 valence electrons. The van der Waals surface area contributed by atoms with Crippen molar-refractivity contribution >= 4 is 35.0 Å². The Kier molecular flexibility index (Phi) is 7.40. The monoisotopic (exact) mass is 494 g/mol. The van der Waals surface area contributed by atoms with Crippen molar-refractivity contribution in [2.75, 3.05) is 25.3 Å². The summed E-state index contributed by atoms with van der Waals surface area (Å²) in [5, 5.41) is 12.9. The predicted molar refractivity (Wildman–Crippen MR) is 135 cm³/mol. The van der Waals surface area contributed by atoms with Crippen molar-refractivity contribution < 1.29 is 14.3 Å². The number of hydrogen-bond donors (Lipinski definition) is 1. The highest BCUT2D eigenvalue weighted by atomic mass is 35.5. The summed E-state index contributed by atoms with van der Waals surface area (Å²) in [6, 6.07) is 20.5. The minimum atomic E-state index is -0.147. The largest absolute Gasteiger partial charge is 0.497 e. The third kappa shape index (κ3) is 5.35. The highest BCUT2D eigenvalue weighted by Crippen LogP contribution is 2.30. The highest BCUT2D eigenvalue weighted by molar-refractivity contribution is 7.99. The maximum Gasteiger partial charge on any atom is 0.234 e. The van der Waals surface area contributed by atoms with Gasteiger partial charge in [0.15, 0.2) is 11.0 Å². The molecule has 1 aromatic heterocycles. The average Bonchev–Trinajstić information content (AvgIpc) is 3.28. The molecule has 0 bridgehead atoms. The quantitative estimate of drug-likeness (QED) is 0.319. The zero-order valence-corrected chi connectivity index (χ0v) is 20.5. The minimum absolute atomic E-state index is 0.147. The Morgan fingerprint density at radius 1 is 0.971 bits per heavy atom. The van der Waals surface area contributed by atoms with Gasteiger partial charge in [-0.25, -0.2) is 0 Å². The summed E-state index contributed by atoms with van der Waals surface area (Å²) in [4.78, 5) is 12.6. The van der Waals surface area contributed by atoms with E-state index in [-0.39, 0.29) is 11.7 Å². The molecule has 0 aliphatic rings. The van der Waals surface area contributed by atoms with Crippen LogP contribution in [0.1, 0.15) is 5.56 Å². The van der Waals surface area contributed by atoms with Crippen LogP contribution >= 0.6 is 23.4 Å². The molecule has 1 amide bonds. The number of amides is 1. The Hall–Kier alpha value is -3.49. The molecule has 0 unspecified atom stereocenters. The maximum absolute atomic E-state index is 12.6. The van der Waals surface area contributed by atoms with E-state index in [1.807, 2.05) is 66.1 Å². The lowest BCUT2D eigenvalue weighted by atomic mass is 10.2. The Balaban J connectivity index is 1.60. The van der Waals surface area contributed by atoms with Crippen LogP contribution in [0, 0.1) is 6.92 Å². The van der Waals surface area contributed by atoms with E-state index in [4.69, 9.17) is 21.1 Å². The van der Waals surface area contributed by atoms with E-state index in [0.717, 1.165) is 34.0 Å². The van der Waals surface area contributed by atoms with Gasteiger partial charge in [0.2, 0.25) is 5.91 Å². The zero-order valence-electron chi connectivity index (χ0n) is 18.9. The molecule has 3 aromatic carbocycles. The lowest BCUT2D eigenvalue weighted by Gasteiger charge is -2.12. The minimum Gasteiger partial charge on any atom is -0.497 e. The molecule has 0 saturated carbocycles. The van der Waals surface area contributed by atoms with E-state index < -0.39 is 0 Å². The summed E-state index contributed by atoms with van der Waals surface area (Å²) in [6.07, 6.45) is 0. The molecule has 7 nitrogen and oxygen atoms in total. The second kappa shape index (κ2) is 10.6. The molecule has 1 N–H and O–H groups in total. The molecule has 0 spiro atoms. The van der Waals surface area contributed by atoms with Gasteiger partial charge in [0.05, 0.1) is 20.0 Å². The van der Waals surface area contributed by atoms with Crippen LogP contribution in [0.15, 0.2) is 71.9 Å². The number of aromatic nitrogens is 3. The summed E-state index contributed by atoms with van der Waals surface area (Å²) >= 11 is 7.32.